The van der Waals surface area contributed by atoms with Gasteiger partial charge in [-0.2, -0.15) is 0 Å². The van der Waals surface area contributed by atoms with Crippen LogP contribution in [0.4, 0.5) is 0 Å². The van der Waals surface area contributed by atoms with E-state index in [1.165, 1.54) is 11.3 Å². The molecule has 2 aliphatic rings. The monoisotopic (exact) mass is 558 g/mol. The fourth-order valence-corrected chi connectivity index (χ4v) is 5.67. The Morgan fingerprint density at radius 2 is 2.03 bits per heavy atom. The molecule has 11 heteroatoms. The van der Waals surface area contributed by atoms with Gasteiger partial charge in [0.25, 0.3) is 5.91 Å². The smallest absolute Gasteiger partial charge is 0.256 e. The molecule has 1 fully saturated rings. The van der Waals surface area contributed by atoms with Crippen LogP contribution in [0, 0.1) is 0 Å². The summed E-state index contributed by atoms with van der Waals surface area (Å²) in [6.07, 6.45) is 6.98. The molecule has 1 aromatic rings. The number of allylic oxidation sites excluding steroid dienone is 2. The number of guanidine groups is 1. The zero-order valence-electron chi connectivity index (χ0n) is 22.3. The number of nitrogens with zero attached hydrogens (tertiary/aromatic N) is 4. The first-order valence-electron chi connectivity index (χ1n) is 12.5. The molecule has 9 nitrogen and oxygen atoms in total. The topological polar surface area (TPSA) is 108 Å². The minimum atomic E-state index is -0.643. The Morgan fingerprint density at radius 1 is 1.32 bits per heavy atom. The van der Waals surface area contributed by atoms with Crippen LogP contribution in [-0.2, 0) is 16.1 Å². The van der Waals surface area contributed by atoms with Crippen molar-refractivity contribution >= 4 is 59.8 Å². The standard InChI is InChI=1S/C27H35ClN6O3S/c1-7-19(8-11-29-5)17(3)31-25(35)18(4)34-15-23-21(26(34)36)14-22(38-23)24(16(2)28)33-27(30-6)32-20-9-12-37-13-10-20/h7-8,11,14,17-18,20H,5-6,9-10,12-13,15H2,1-4H3,(H,31,35)(H,32,33)/b11-8-,19-7+,24-16+/t17-,18-/m1/s1. The lowest BCUT2D eigenvalue weighted by Gasteiger charge is -2.25. The van der Waals surface area contributed by atoms with Crippen molar-refractivity contribution in [3.63, 3.8) is 0 Å². The van der Waals surface area contributed by atoms with Crippen molar-refractivity contribution in [3.05, 3.63) is 50.3 Å². The second kappa shape index (κ2) is 13.6. The SMILES string of the molecule is C=N/C=C\C(=C/C)[C@@H](C)NC(=O)[C@@H](C)N1Cc2sc(C(/N=C(\N=C)NC3CCOCC3)=C(/C)Cl)cc2C1=O. The summed E-state index contributed by atoms with van der Waals surface area (Å²) in [6.45, 7) is 16.0. The van der Waals surface area contributed by atoms with Crippen molar-refractivity contribution in [1.29, 1.82) is 0 Å². The van der Waals surface area contributed by atoms with Gasteiger partial charge in [0, 0.05) is 35.4 Å². The summed E-state index contributed by atoms with van der Waals surface area (Å²) in [5, 5.41) is 6.76. The van der Waals surface area contributed by atoms with E-state index in [2.05, 4.69) is 39.0 Å². The van der Waals surface area contributed by atoms with E-state index in [4.69, 9.17) is 16.3 Å². The number of aliphatic imine (C=N–C) groups is 3. The summed E-state index contributed by atoms with van der Waals surface area (Å²) in [5.41, 5.74) is 1.99. The molecule has 3 rings (SSSR count). The molecule has 2 amide bonds. The molecule has 0 aliphatic carbocycles. The first-order chi connectivity index (χ1) is 18.2. The molecule has 0 unspecified atom stereocenters. The fraction of sp³-hybridized carbons (Fsp3) is 0.444. The van der Waals surface area contributed by atoms with Gasteiger partial charge in [0.05, 0.1) is 28.7 Å². The molecule has 0 saturated carbocycles. The lowest BCUT2D eigenvalue weighted by atomic mass is 10.1. The van der Waals surface area contributed by atoms with Crippen molar-refractivity contribution in [2.24, 2.45) is 15.0 Å². The van der Waals surface area contributed by atoms with Gasteiger partial charge < -0.3 is 20.3 Å². The molecule has 1 aromatic heterocycles. The van der Waals surface area contributed by atoms with E-state index in [0.717, 1.165) is 28.2 Å². The zero-order chi connectivity index (χ0) is 27.8. The van der Waals surface area contributed by atoms with E-state index in [0.29, 0.717) is 42.0 Å². The highest BCUT2D eigenvalue weighted by molar-refractivity contribution is 7.13. The van der Waals surface area contributed by atoms with Gasteiger partial charge >= 0.3 is 0 Å². The highest BCUT2D eigenvalue weighted by atomic mass is 35.5. The Bertz CT molecular complexity index is 1190. The van der Waals surface area contributed by atoms with Crippen LogP contribution in [0.2, 0.25) is 0 Å². The number of hydrogen-bond acceptors (Lipinski definition) is 6. The van der Waals surface area contributed by atoms with Crippen LogP contribution >= 0.6 is 22.9 Å². The average molecular weight is 559 g/mol. The second-order valence-corrected chi connectivity index (χ2v) is 10.8. The molecule has 2 atom stereocenters. The number of thiophene rings is 1. The Hall–Kier alpha value is -3.08. The minimum absolute atomic E-state index is 0.197. The first kappa shape index (κ1) is 29.5. The number of carbonyl (C=O) groups is 2. The normalized spacial score (nSPS) is 19.2. The van der Waals surface area contributed by atoms with Gasteiger partial charge in [0.1, 0.15) is 6.04 Å². The molecule has 38 heavy (non-hydrogen) atoms. The molecular weight excluding hydrogens is 524 g/mol. The van der Waals surface area contributed by atoms with Crippen LogP contribution in [0.3, 0.4) is 0 Å². The van der Waals surface area contributed by atoms with E-state index in [1.54, 1.807) is 37.1 Å². The molecular formula is C27H35ClN6O3S. The number of carbonyl (C=O) groups excluding carboxylic acids is 2. The summed E-state index contributed by atoms with van der Waals surface area (Å²) in [6, 6.07) is 1.10. The minimum Gasteiger partial charge on any atom is -0.381 e. The molecule has 3 heterocycles. The molecule has 0 radical (unpaired) electrons. The highest BCUT2D eigenvalue weighted by Crippen LogP contribution is 2.37. The number of halogens is 1. The summed E-state index contributed by atoms with van der Waals surface area (Å²) in [4.78, 5) is 41.9. The third kappa shape index (κ3) is 7.06. The van der Waals surface area contributed by atoms with Gasteiger partial charge in [-0.3, -0.25) is 14.6 Å². The van der Waals surface area contributed by atoms with Crippen LogP contribution < -0.4 is 10.6 Å². The van der Waals surface area contributed by atoms with Gasteiger partial charge in [-0.05, 0) is 71.7 Å². The molecule has 204 valence electrons. The van der Waals surface area contributed by atoms with Gasteiger partial charge in [-0.25, -0.2) is 9.98 Å². The maximum Gasteiger partial charge on any atom is 0.256 e. The van der Waals surface area contributed by atoms with Crippen LogP contribution in [0.5, 0.6) is 0 Å². The molecule has 0 bridgehead atoms. The van der Waals surface area contributed by atoms with E-state index in [-0.39, 0.29) is 23.9 Å². The number of hydrogen-bond donors (Lipinski definition) is 2. The highest BCUT2D eigenvalue weighted by Gasteiger charge is 2.36. The van der Waals surface area contributed by atoms with Gasteiger partial charge in [0.15, 0.2) is 0 Å². The zero-order valence-corrected chi connectivity index (χ0v) is 23.9. The van der Waals surface area contributed by atoms with Gasteiger partial charge in [-0.1, -0.05) is 17.7 Å². The largest absolute Gasteiger partial charge is 0.381 e. The maximum absolute atomic E-state index is 13.3. The number of rotatable bonds is 9. The number of fused-ring (bicyclic) bond motifs is 1. The third-order valence-corrected chi connectivity index (χ3v) is 7.81. The molecule has 0 aromatic carbocycles. The van der Waals surface area contributed by atoms with Crippen molar-refractivity contribution < 1.29 is 14.3 Å². The van der Waals surface area contributed by atoms with E-state index in [9.17, 15) is 9.59 Å². The summed E-state index contributed by atoms with van der Waals surface area (Å²) in [7, 11) is 0. The lowest BCUT2D eigenvalue weighted by molar-refractivity contribution is -0.125. The van der Waals surface area contributed by atoms with Crippen LogP contribution in [0.15, 0.2) is 50.0 Å². The number of nitrogens with one attached hydrogen (secondary N) is 2. The molecule has 1 saturated heterocycles. The second-order valence-electron chi connectivity index (χ2n) is 9.08. The van der Waals surface area contributed by atoms with E-state index >= 15 is 0 Å². The van der Waals surface area contributed by atoms with Crippen LogP contribution in [0.25, 0.3) is 5.70 Å². The summed E-state index contributed by atoms with van der Waals surface area (Å²) in [5.74, 6) is -0.0481. The Kier molecular flexibility index (Phi) is 10.6. The Balaban J connectivity index is 1.73. The van der Waals surface area contributed by atoms with E-state index < -0.39 is 6.04 Å². The summed E-state index contributed by atoms with van der Waals surface area (Å²) < 4.78 is 5.41. The molecule has 2 N–H and O–H groups in total. The van der Waals surface area contributed by atoms with Crippen molar-refractivity contribution in [2.45, 2.75) is 65.2 Å². The van der Waals surface area contributed by atoms with Gasteiger partial charge in [-0.15, -0.1) is 11.3 Å². The Morgan fingerprint density at radius 3 is 2.61 bits per heavy atom. The molecule has 0 spiro atoms. The predicted molar refractivity (Wildman–Crippen MR) is 156 cm³/mol. The van der Waals surface area contributed by atoms with Crippen molar-refractivity contribution in [2.75, 3.05) is 13.2 Å². The van der Waals surface area contributed by atoms with Crippen LogP contribution in [-0.4, -0.2) is 67.4 Å². The van der Waals surface area contributed by atoms with E-state index in [1.807, 2.05) is 19.9 Å². The first-order valence-corrected chi connectivity index (χ1v) is 13.7. The molecule has 2 aliphatic heterocycles. The predicted octanol–water partition coefficient (Wildman–Crippen LogP) is 4.51. The summed E-state index contributed by atoms with van der Waals surface area (Å²) >= 11 is 7.86. The average Bonchev–Trinajstić information content (AvgIpc) is 3.45. The van der Waals surface area contributed by atoms with Crippen LogP contribution in [0.1, 0.15) is 60.6 Å². The van der Waals surface area contributed by atoms with Crippen molar-refractivity contribution in [3.8, 4) is 0 Å². The lowest BCUT2D eigenvalue weighted by Crippen LogP contribution is -2.48. The quantitative estimate of drug-likeness (QED) is 0.264. The third-order valence-electron chi connectivity index (χ3n) is 6.51. The fourth-order valence-electron chi connectivity index (χ4n) is 4.27. The maximum atomic E-state index is 13.3. The van der Waals surface area contributed by atoms with Crippen molar-refractivity contribution in [1.82, 2.24) is 15.5 Å². The number of amides is 2. The Labute approximate surface area is 233 Å². The van der Waals surface area contributed by atoms with Gasteiger partial charge in [0.2, 0.25) is 11.9 Å². The number of ether oxygens (including phenoxy) is 1.